The highest BCUT2D eigenvalue weighted by Crippen LogP contribution is 2.30. The van der Waals surface area contributed by atoms with Crippen LogP contribution in [0.25, 0.3) is 0 Å². The molecule has 0 aliphatic carbocycles. The molecule has 9 N–H and O–H groups in total. The average molecular weight is 1150 g/mol. The van der Waals surface area contributed by atoms with Gasteiger partial charge in [0.1, 0.15) is 48.8 Å². The Hall–Kier alpha value is -2.31. The number of allylic oxidation sites excluding steroid dienone is 9. The van der Waals surface area contributed by atoms with Crippen molar-refractivity contribution in [1.29, 1.82) is 0 Å². The summed E-state index contributed by atoms with van der Waals surface area (Å²) in [6.07, 6.45) is 51.1. The largest absolute Gasteiger partial charge is 0.394 e. The third kappa shape index (κ3) is 37.0. The fourth-order valence-electron chi connectivity index (χ4n) is 10.7. The molecule has 12 unspecified atom stereocenters. The van der Waals surface area contributed by atoms with Crippen molar-refractivity contribution in [3.8, 4) is 0 Å². The number of rotatable bonds is 53. The van der Waals surface area contributed by atoms with Crippen LogP contribution in [0.1, 0.15) is 264 Å². The van der Waals surface area contributed by atoms with Gasteiger partial charge in [-0.1, -0.05) is 261 Å². The summed E-state index contributed by atoms with van der Waals surface area (Å²) in [5.41, 5.74) is 0. The molecule has 2 aliphatic rings. The van der Waals surface area contributed by atoms with Crippen molar-refractivity contribution >= 4 is 5.91 Å². The summed E-state index contributed by atoms with van der Waals surface area (Å²) >= 11 is 0. The fraction of sp³-hybridized carbons (Fsp3) is 0.836. The zero-order chi connectivity index (χ0) is 58.8. The minimum atomic E-state index is -1.79. The number of hydrogen-bond donors (Lipinski definition) is 9. The maximum absolute atomic E-state index is 13.3. The van der Waals surface area contributed by atoms with Crippen LogP contribution in [0.3, 0.4) is 0 Å². The van der Waals surface area contributed by atoms with E-state index < -0.39 is 86.8 Å². The molecule has 2 saturated heterocycles. The second kappa shape index (κ2) is 52.1. The van der Waals surface area contributed by atoms with Crippen LogP contribution < -0.4 is 5.32 Å². The smallest absolute Gasteiger partial charge is 0.220 e. The summed E-state index contributed by atoms with van der Waals surface area (Å²) in [5, 5.41) is 87.3. The van der Waals surface area contributed by atoms with E-state index in [9.17, 15) is 45.6 Å². The molecular formula is C67H121NO13. The van der Waals surface area contributed by atoms with Crippen molar-refractivity contribution in [2.24, 2.45) is 0 Å². The Balaban J connectivity index is 1.71. The first-order valence-electron chi connectivity index (χ1n) is 33.0. The Morgan fingerprint density at radius 1 is 0.457 bits per heavy atom. The molecule has 2 heterocycles. The van der Waals surface area contributed by atoms with Crippen LogP contribution in [0.2, 0.25) is 0 Å². The zero-order valence-electron chi connectivity index (χ0n) is 51.0. The fourth-order valence-corrected chi connectivity index (χ4v) is 10.7. The highest BCUT2D eigenvalue weighted by atomic mass is 16.7. The van der Waals surface area contributed by atoms with Gasteiger partial charge in [-0.3, -0.25) is 4.79 Å². The number of hydrogen-bond acceptors (Lipinski definition) is 13. The second-order valence-electron chi connectivity index (χ2n) is 23.2. The number of nitrogens with one attached hydrogen (secondary N) is 1. The highest BCUT2D eigenvalue weighted by Gasteiger charge is 2.51. The molecule has 2 aliphatic heterocycles. The van der Waals surface area contributed by atoms with E-state index >= 15 is 0 Å². The highest BCUT2D eigenvalue weighted by molar-refractivity contribution is 5.76. The Labute approximate surface area is 492 Å². The molecule has 2 rings (SSSR count). The summed E-state index contributed by atoms with van der Waals surface area (Å²) < 4.78 is 22.8. The van der Waals surface area contributed by atoms with Gasteiger partial charge in [0.25, 0.3) is 0 Å². The van der Waals surface area contributed by atoms with Crippen LogP contribution >= 0.6 is 0 Å². The monoisotopic (exact) mass is 1150 g/mol. The van der Waals surface area contributed by atoms with Crippen molar-refractivity contribution in [2.45, 2.75) is 338 Å². The van der Waals surface area contributed by atoms with Crippen molar-refractivity contribution in [3.05, 3.63) is 60.8 Å². The predicted octanol–water partition coefficient (Wildman–Crippen LogP) is 12.5. The molecule has 0 aromatic heterocycles. The van der Waals surface area contributed by atoms with E-state index in [2.05, 4.69) is 67.8 Å². The molecule has 2 fully saturated rings. The predicted molar refractivity (Wildman–Crippen MR) is 327 cm³/mol. The van der Waals surface area contributed by atoms with Gasteiger partial charge in [-0.25, -0.2) is 0 Å². The topological polar surface area (TPSA) is 228 Å². The van der Waals surface area contributed by atoms with Crippen LogP contribution in [0, 0.1) is 0 Å². The van der Waals surface area contributed by atoms with Gasteiger partial charge in [-0.15, -0.1) is 0 Å². The van der Waals surface area contributed by atoms with Crippen LogP contribution in [-0.2, 0) is 23.7 Å². The van der Waals surface area contributed by atoms with Crippen molar-refractivity contribution in [2.75, 3.05) is 19.8 Å². The molecule has 0 radical (unpaired) electrons. The maximum Gasteiger partial charge on any atom is 0.220 e. The van der Waals surface area contributed by atoms with Crippen LogP contribution in [-0.4, -0.2) is 140 Å². The van der Waals surface area contributed by atoms with Crippen molar-refractivity contribution in [3.63, 3.8) is 0 Å². The molecule has 12 atom stereocenters. The molecule has 1 amide bonds. The van der Waals surface area contributed by atoms with Gasteiger partial charge in [0.2, 0.25) is 5.91 Å². The number of carbonyl (C=O) groups excluding carboxylic acids is 1. The van der Waals surface area contributed by atoms with Crippen molar-refractivity contribution in [1.82, 2.24) is 5.32 Å². The Morgan fingerprint density at radius 2 is 0.852 bits per heavy atom. The summed E-state index contributed by atoms with van der Waals surface area (Å²) in [6, 6.07) is -0.917. The Kier molecular flexibility index (Phi) is 48.1. The normalized spacial score (nSPS) is 24.5. The molecule has 14 nitrogen and oxygen atoms in total. The number of carbonyl (C=O) groups is 1. The summed E-state index contributed by atoms with van der Waals surface area (Å²) in [6.45, 7) is 2.71. The molecule has 0 aromatic rings. The Bertz CT molecular complexity index is 1590. The standard InChI is InChI=1S/C67H121NO13/c1-3-5-7-9-11-13-15-17-19-21-23-25-26-27-28-29-30-31-33-35-37-39-41-43-45-47-49-51-59(72)68-55(56(71)50-48-46-44-42-40-38-36-34-32-24-22-20-18-16-14-12-10-8-6-4-2)54-78-66-64(77)62(75)65(58(53-70)80-66)81-67-63(76)61(74)60(73)57(52-69)79-67/h5,7,11,13,17,19,23,25,48,50,55-58,60-67,69-71,73-77H,3-4,6,8-10,12,14-16,18,20-22,24,26-47,49,51-54H2,1-2H3,(H,68,72)/b7-5-,13-11-,19-17-,25-23-,50-48+. The van der Waals surface area contributed by atoms with E-state index in [1.54, 1.807) is 6.08 Å². The van der Waals surface area contributed by atoms with Gasteiger partial charge >= 0.3 is 0 Å². The molecule has 81 heavy (non-hydrogen) atoms. The third-order valence-electron chi connectivity index (χ3n) is 16.0. The van der Waals surface area contributed by atoms with Crippen molar-refractivity contribution < 1.29 is 64.6 Å². The van der Waals surface area contributed by atoms with E-state index in [4.69, 9.17) is 18.9 Å². The molecule has 0 aromatic carbocycles. The summed E-state index contributed by atoms with van der Waals surface area (Å²) in [4.78, 5) is 13.3. The first kappa shape index (κ1) is 74.8. The molecule has 0 spiro atoms. The minimum absolute atomic E-state index is 0.239. The maximum atomic E-state index is 13.3. The van der Waals surface area contributed by atoms with Gasteiger partial charge < -0.3 is 65.1 Å². The minimum Gasteiger partial charge on any atom is -0.394 e. The van der Waals surface area contributed by atoms with E-state index in [1.807, 2.05) is 6.08 Å². The number of amides is 1. The van der Waals surface area contributed by atoms with Gasteiger partial charge in [0.05, 0.1) is 32.0 Å². The van der Waals surface area contributed by atoms with E-state index in [0.29, 0.717) is 6.42 Å². The molecule has 0 bridgehead atoms. The number of aliphatic hydroxyl groups is 8. The number of aliphatic hydroxyl groups excluding tert-OH is 8. The molecule has 14 heteroatoms. The molecular weight excluding hydrogens is 1030 g/mol. The quantitative estimate of drug-likeness (QED) is 0.0204. The second-order valence-corrected chi connectivity index (χ2v) is 23.2. The zero-order valence-corrected chi connectivity index (χ0v) is 51.0. The lowest BCUT2D eigenvalue weighted by atomic mass is 9.97. The first-order valence-corrected chi connectivity index (χ1v) is 33.0. The molecule has 472 valence electrons. The van der Waals surface area contributed by atoms with Gasteiger partial charge in [0, 0.05) is 6.42 Å². The first-order chi connectivity index (χ1) is 39.6. The summed E-state index contributed by atoms with van der Waals surface area (Å²) in [7, 11) is 0. The third-order valence-corrected chi connectivity index (χ3v) is 16.0. The lowest BCUT2D eigenvalue weighted by Gasteiger charge is -2.46. The van der Waals surface area contributed by atoms with E-state index in [-0.39, 0.29) is 18.9 Å². The number of ether oxygens (including phenoxy) is 4. The van der Waals surface area contributed by atoms with E-state index in [0.717, 1.165) is 64.2 Å². The van der Waals surface area contributed by atoms with E-state index in [1.165, 1.54) is 173 Å². The van der Waals surface area contributed by atoms with Gasteiger partial charge in [0.15, 0.2) is 12.6 Å². The Morgan fingerprint density at radius 3 is 1.31 bits per heavy atom. The lowest BCUT2D eigenvalue weighted by Crippen LogP contribution is -2.65. The lowest BCUT2D eigenvalue weighted by molar-refractivity contribution is -0.359. The van der Waals surface area contributed by atoms with Gasteiger partial charge in [-0.05, 0) is 57.8 Å². The molecule has 0 saturated carbocycles. The van der Waals surface area contributed by atoms with Crippen LogP contribution in [0.5, 0.6) is 0 Å². The SMILES string of the molecule is CC/C=C\C/C=C\C/C=C\C/C=C\CCCCCCCCCCCCCCCCC(=O)NC(COC1OC(CO)C(OC2OC(CO)C(O)C(O)C2O)C(O)C1O)C(O)/C=C/CCCCCCCCCCCCCCCCCCCC. The van der Waals surface area contributed by atoms with Crippen LogP contribution in [0.4, 0.5) is 0 Å². The summed E-state index contributed by atoms with van der Waals surface area (Å²) in [5.74, 6) is -0.239. The number of unbranched alkanes of at least 4 members (excludes halogenated alkanes) is 32. The van der Waals surface area contributed by atoms with Gasteiger partial charge in [-0.2, -0.15) is 0 Å². The average Bonchev–Trinajstić information content (AvgIpc) is 3.62. The van der Waals surface area contributed by atoms with Crippen LogP contribution in [0.15, 0.2) is 60.8 Å².